The van der Waals surface area contributed by atoms with Crippen LogP contribution in [-0.2, 0) is 14.3 Å². The molecule has 5 heteroatoms. The first kappa shape index (κ1) is 23.9. The first-order valence-corrected chi connectivity index (χ1v) is 10.4. The van der Waals surface area contributed by atoms with Crippen LogP contribution in [0.25, 0.3) is 6.08 Å². The van der Waals surface area contributed by atoms with Crippen molar-refractivity contribution in [2.45, 2.75) is 39.5 Å². The van der Waals surface area contributed by atoms with E-state index in [9.17, 15) is 9.59 Å². The summed E-state index contributed by atoms with van der Waals surface area (Å²) in [6.07, 6.45) is 6.86. The lowest BCUT2D eigenvalue weighted by molar-refractivity contribution is -0.139. The highest BCUT2D eigenvalue weighted by molar-refractivity contribution is 5.89. The van der Waals surface area contributed by atoms with E-state index in [4.69, 9.17) is 14.2 Å². The summed E-state index contributed by atoms with van der Waals surface area (Å²) in [6, 6.07) is 15.6. The van der Waals surface area contributed by atoms with Gasteiger partial charge in [0.05, 0.1) is 13.2 Å². The van der Waals surface area contributed by atoms with Gasteiger partial charge in [0.25, 0.3) is 0 Å². The Kier molecular flexibility index (Phi) is 10.1. The zero-order valence-electron chi connectivity index (χ0n) is 18.2. The maximum atomic E-state index is 12.0. The molecule has 0 saturated carbocycles. The lowest BCUT2D eigenvalue weighted by Gasteiger charge is -2.07. The molecule has 2 aromatic rings. The van der Waals surface area contributed by atoms with Gasteiger partial charge in [0.1, 0.15) is 11.5 Å². The maximum Gasteiger partial charge on any atom is 0.336 e. The fourth-order valence-corrected chi connectivity index (χ4v) is 2.63. The van der Waals surface area contributed by atoms with Crippen LogP contribution >= 0.6 is 0 Å². The maximum absolute atomic E-state index is 12.0. The summed E-state index contributed by atoms with van der Waals surface area (Å²) in [5.74, 6) is 0.559. The fraction of sp³-hybridized carbons (Fsp3) is 0.308. The summed E-state index contributed by atoms with van der Waals surface area (Å²) in [5, 5.41) is 0. The topological polar surface area (TPSA) is 61.8 Å². The number of esters is 2. The normalized spacial score (nSPS) is 10.6. The van der Waals surface area contributed by atoms with E-state index in [1.54, 1.807) is 31.2 Å². The molecule has 0 saturated heterocycles. The summed E-state index contributed by atoms with van der Waals surface area (Å²) in [6.45, 7) is 8.11. The van der Waals surface area contributed by atoms with Crippen LogP contribution in [0.5, 0.6) is 11.5 Å². The molecule has 5 nitrogen and oxygen atoms in total. The van der Waals surface area contributed by atoms with Gasteiger partial charge in [-0.05, 0) is 87.1 Å². The SMILES string of the molecule is C=C(C)C(=O)OCCCCCCOc1ccc(/C=C/C(=O)Oc2cc[c]cc2C)cc1. The number of benzene rings is 2. The van der Waals surface area contributed by atoms with Crippen molar-refractivity contribution in [3.05, 3.63) is 77.9 Å². The molecule has 0 aliphatic heterocycles. The molecule has 163 valence electrons. The summed E-state index contributed by atoms with van der Waals surface area (Å²) in [4.78, 5) is 23.2. The summed E-state index contributed by atoms with van der Waals surface area (Å²) in [5.41, 5.74) is 2.17. The van der Waals surface area contributed by atoms with E-state index in [1.165, 1.54) is 6.08 Å². The molecule has 0 bridgehead atoms. The van der Waals surface area contributed by atoms with E-state index in [0.29, 0.717) is 24.5 Å². The lowest BCUT2D eigenvalue weighted by Crippen LogP contribution is -2.06. The van der Waals surface area contributed by atoms with E-state index in [0.717, 1.165) is 42.6 Å². The van der Waals surface area contributed by atoms with Gasteiger partial charge in [0.2, 0.25) is 0 Å². The minimum Gasteiger partial charge on any atom is -0.494 e. The molecule has 0 unspecified atom stereocenters. The molecule has 2 rings (SSSR count). The second kappa shape index (κ2) is 13.1. The zero-order valence-corrected chi connectivity index (χ0v) is 18.2. The van der Waals surface area contributed by atoms with E-state index in [-0.39, 0.29) is 5.97 Å². The predicted octanol–water partition coefficient (Wildman–Crippen LogP) is 5.47. The largest absolute Gasteiger partial charge is 0.494 e. The van der Waals surface area contributed by atoms with Gasteiger partial charge < -0.3 is 14.2 Å². The molecular formula is C26H29O5. The Morgan fingerprint density at radius 3 is 2.42 bits per heavy atom. The molecule has 0 spiro atoms. The van der Waals surface area contributed by atoms with Gasteiger partial charge in [-0.25, -0.2) is 9.59 Å². The third kappa shape index (κ3) is 9.34. The predicted molar refractivity (Wildman–Crippen MR) is 121 cm³/mol. The molecule has 2 aromatic carbocycles. The van der Waals surface area contributed by atoms with E-state index in [1.807, 2.05) is 31.2 Å². The number of rotatable bonds is 12. The number of hydrogen-bond donors (Lipinski definition) is 0. The minimum atomic E-state index is -0.427. The van der Waals surface area contributed by atoms with Crippen molar-refractivity contribution in [1.82, 2.24) is 0 Å². The highest BCUT2D eigenvalue weighted by atomic mass is 16.5. The summed E-state index contributed by atoms with van der Waals surface area (Å²) in [7, 11) is 0. The Hall–Kier alpha value is -3.34. The van der Waals surface area contributed by atoms with Crippen molar-refractivity contribution in [3.8, 4) is 11.5 Å². The van der Waals surface area contributed by atoms with Crippen molar-refractivity contribution < 1.29 is 23.8 Å². The van der Waals surface area contributed by atoms with Crippen LogP contribution in [0.15, 0.2) is 60.7 Å². The second-order valence-electron chi connectivity index (χ2n) is 7.19. The first-order valence-electron chi connectivity index (χ1n) is 10.4. The highest BCUT2D eigenvalue weighted by Crippen LogP contribution is 2.17. The van der Waals surface area contributed by atoms with Gasteiger partial charge in [-0.3, -0.25) is 0 Å². The van der Waals surface area contributed by atoms with Gasteiger partial charge in [0.15, 0.2) is 0 Å². The molecule has 0 aliphatic rings. The van der Waals surface area contributed by atoms with Crippen molar-refractivity contribution in [1.29, 1.82) is 0 Å². The summed E-state index contributed by atoms with van der Waals surface area (Å²) < 4.78 is 16.1. The third-order valence-electron chi connectivity index (χ3n) is 4.41. The smallest absolute Gasteiger partial charge is 0.336 e. The molecule has 0 amide bonds. The van der Waals surface area contributed by atoms with E-state index < -0.39 is 5.97 Å². The van der Waals surface area contributed by atoms with Crippen LogP contribution in [0, 0.1) is 13.0 Å². The molecule has 1 radical (unpaired) electrons. The average molecular weight is 422 g/mol. The second-order valence-corrected chi connectivity index (χ2v) is 7.19. The number of carbonyl (C=O) groups excluding carboxylic acids is 2. The van der Waals surface area contributed by atoms with Gasteiger partial charge in [0, 0.05) is 11.6 Å². The van der Waals surface area contributed by atoms with Gasteiger partial charge in [-0.2, -0.15) is 0 Å². The fourth-order valence-electron chi connectivity index (χ4n) is 2.63. The molecule has 0 fully saturated rings. The number of hydrogen-bond acceptors (Lipinski definition) is 5. The average Bonchev–Trinajstić information content (AvgIpc) is 2.76. The first-order chi connectivity index (χ1) is 15.0. The van der Waals surface area contributed by atoms with E-state index in [2.05, 4.69) is 12.6 Å². The Balaban J connectivity index is 1.62. The van der Waals surface area contributed by atoms with Crippen LogP contribution in [0.3, 0.4) is 0 Å². The highest BCUT2D eigenvalue weighted by Gasteiger charge is 2.04. The van der Waals surface area contributed by atoms with Crippen molar-refractivity contribution >= 4 is 18.0 Å². The van der Waals surface area contributed by atoms with Gasteiger partial charge in [-0.1, -0.05) is 24.8 Å². The molecular weight excluding hydrogens is 392 g/mol. The van der Waals surface area contributed by atoms with Crippen LogP contribution in [-0.4, -0.2) is 25.2 Å². The minimum absolute atomic E-state index is 0.330. The van der Waals surface area contributed by atoms with Crippen LogP contribution in [0.2, 0.25) is 0 Å². The van der Waals surface area contributed by atoms with Crippen LogP contribution < -0.4 is 9.47 Å². The molecule has 0 N–H and O–H groups in total. The number of carbonyl (C=O) groups is 2. The summed E-state index contributed by atoms with van der Waals surface area (Å²) >= 11 is 0. The number of ether oxygens (including phenoxy) is 3. The van der Waals surface area contributed by atoms with Gasteiger partial charge in [-0.15, -0.1) is 0 Å². The molecule has 0 aromatic heterocycles. The molecule has 0 atom stereocenters. The Bertz CT molecular complexity index is 896. The van der Waals surface area contributed by atoms with Crippen LogP contribution in [0.1, 0.15) is 43.7 Å². The monoisotopic (exact) mass is 421 g/mol. The van der Waals surface area contributed by atoms with Crippen molar-refractivity contribution in [3.63, 3.8) is 0 Å². The van der Waals surface area contributed by atoms with Crippen molar-refractivity contribution in [2.24, 2.45) is 0 Å². The quantitative estimate of drug-likeness (QED) is 0.197. The van der Waals surface area contributed by atoms with Crippen molar-refractivity contribution in [2.75, 3.05) is 13.2 Å². The Labute approximate surface area is 184 Å². The Morgan fingerprint density at radius 1 is 1.03 bits per heavy atom. The Morgan fingerprint density at radius 2 is 1.74 bits per heavy atom. The standard InChI is InChI=1S/C26H29O5/c1-20(2)26(28)30-19-9-5-4-8-18-29-23-15-12-22(13-16-23)14-17-25(27)31-24-11-7-6-10-21(24)3/h7,10-17H,1,4-5,8-9,18-19H2,2-3H3/b17-14+. The third-order valence-corrected chi connectivity index (χ3v) is 4.41. The van der Waals surface area contributed by atoms with E-state index >= 15 is 0 Å². The molecule has 31 heavy (non-hydrogen) atoms. The van der Waals surface area contributed by atoms with Gasteiger partial charge >= 0.3 is 11.9 Å². The molecule has 0 aliphatic carbocycles. The molecule has 0 heterocycles. The number of aryl methyl sites for hydroxylation is 1. The van der Waals surface area contributed by atoms with Crippen LogP contribution in [0.4, 0.5) is 0 Å². The zero-order chi connectivity index (χ0) is 22.5. The number of unbranched alkanes of at least 4 members (excludes halogenated alkanes) is 3. The lowest BCUT2D eigenvalue weighted by atomic mass is 10.2.